The van der Waals surface area contributed by atoms with Crippen molar-refractivity contribution in [3.8, 4) is 0 Å². The summed E-state index contributed by atoms with van der Waals surface area (Å²) in [4.78, 5) is 8.72. The third-order valence-corrected chi connectivity index (χ3v) is 3.70. The summed E-state index contributed by atoms with van der Waals surface area (Å²) >= 11 is 3.48. The van der Waals surface area contributed by atoms with Crippen LogP contribution >= 0.6 is 15.9 Å². The molecule has 0 bridgehead atoms. The lowest BCUT2D eigenvalue weighted by atomic mass is 9.89. The van der Waals surface area contributed by atoms with Crippen LogP contribution < -0.4 is 10.6 Å². The largest absolute Gasteiger partial charge is 0.378 e. The van der Waals surface area contributed by atoms with E-state index in [0.717, 1.165) is 42.7 Å². The Balaban J connectivity index is 1.89. The summed E-state index contributed by atoms with van der Waals surface area (Å²) in [6.45, 7) is 5.83. The molecule has 2 N–H and O–H groups in total. The van der Waals surface area contributed by atoms with Crippen molar-refractivity contribution >= 4 is 27.7 Å². The number of aromatic nitrogens is 2. The third-order valence-electron chi connectivity index (χ3n) is 3.12. The van der Waals surface area contributed by atoms with Crippen LogP contribution in [0.5, 0.6) is 0 Å². The Labute approximate surface area is 122 Å². The van der Waals surface area contributed by atoms with Crippen molar-refractivity contribution in [2.45, 2.75) is 45.3 Å². The minimum atomic E-state index is 0.404. The summed E-state index contributed by atoms with van der Waals surface area (Å²) in [5.41, 5.74) is 0. The molecule has 19 heavy (non-hydrogen) atoms. The Kier molecular flexibility index (Phi) is 5.39. The van der Waals surface area contributed by atoms with Gasteiger partial charge in [0, 0.05) is 25.4 Å². The van der Waals surface area contributed by atoms with Gasteiger partial charge in [0.05, 0.1) is 10.6 Å². The average Bonchev–Trinajstić information content (AvgIpc) is 2.37. The molecule has 1 aliphatic carbocycles. The van der Waals surface area contributed by atoms with E-state index in [1.807, 2.05) is 6.92 Å². The highest BCUT2D eigenvalue weighted by Crippen LogP contribution is 2.29. The van der Waals surface area contributed by atoms with Gasteiger partial charge in [-0.05, 0) is 42.1 Å². The van der Waals surface area contributed by atoms with Gasteiger partial charge in [-0.15, -0.1) is 0 Å². The van der Waals surface area contributed by atoms with Gasteiger partial charge >= 0.3 is 0 Å². The maximum absolute atomic E-state index is 5.56. The predicted molar refractivity (Wildman–Crippen MR) is 80.6 cm³/mol. The molecule has 1 aromatic rings. The van der Waals surface area contributed by atoms with E-state index in [1.54, 1.807) is 6.20 Å². The highest BCUT2D eigenvalue weighted by atomic mass is 79.9. The molecule has 1 fully saturated rings. The Morgan fingerprint density at radius 1 is 1.42 bits per heavy atom. The zero-order valence-corrected chi connectivity index (χ0v) is 13.0. The number of ether oxygens (including phenoxy) is 1. The van der Waals surface area contributed by atoms with E-state index in [1.165, 1.54) is 0 Å². The van der Waals surface area contributed by atoms with Crippen LogP contribution in [0, 0.1) is 0 Å². The van der Waals surface area contributed by atoms with Crippen molar-refractivity contribution in [2.24, 2.45) is 0 Å². The van der Waals surface area contributed by atoms with Crippen molar-refractivity contribution in [3.63, 3.8) is 0 Å². The molecule has 1 heterocycles. The molecule has 0 unspecified atom stereocenters. The van der Waals surface area contributed by atoms with Crippen LogP contribution in [-0.4, -0.2) is 35.3 Å². The summed E-state index contributed by atoms with van der Waals surface area (Å²) < 4.78 is 6.45. The van der Waals surface area contributed by atoms with Gasteiger partial charge in [-0.1, -0.05) is 6.92 Å². The number of hydrogen-bond donors (Lipinski definition) is 2. The third kappa shape index (κ3) is 4.04. The van der Waals surface area contributed by atoms with Crippen molar-refractivity contribution < 1.29 is 4.74 Å². The summed E-state index contributed by atoms with van der Waals surface area (Å²) in [6.07, 6.45) is 5.33. The Hall–Kier alpha value is -0.880. The van der Waals surface area contributed by atoms with Gasteiger partial charge in [0.2, 0.25) is 5.95 Å². The quantitative estimate of drug-likeness (QED) is 0.805. The van der Waals surface area contributed by atoms with Crippen molar-refractivity contribution in [2.75, 3.05) is 23.8 Å². The van der Waals surface area contributed by atoms with E-state index in [9.17, 15) is 0 Å². The zero-order valence-electron chi connectivity index (χ0n) is 11.4. The van der Waals surface area contributed by atoms with Gasteiger partial charge < -0.3 is 15.4 Å². The lowest BCUT2D eigenvalue weighted by Gasteiger charge is -2.35. The molecule has 106 valence electrons. The van der Waals surface area contributed by atoms with E-state index >= 15 is 0 Å². The van der Waals surface area contributed by atoms with Gasteiger partial charge in [-0.25, -0.2) is 4.98 Å². The van der Waals surface area contributed by atoms with E-state index in [-0.39, 0.29) is 0 Å². The zero-order chi connectivity index (χ0) is 13.7. The number of halogens is 1. The van der Waals surface area contributed by atoms with Crippen LogP contribution in [0.4, 0.5) is 11.8 Å². The number of rotatable bonds is 7. The molecule has 0 radical (unpaired) electrons. The number of nitrogens with one attached hydrogen (secondary N) is 2. The van der Waals surface area contributed by atoms with Crippen LogP contribution in [0.15, 0.2) is 10.7 Å². The summed E-state index contributed by atoms with van der Waals surface area (Å²) in [5, 5.41) is 6.63. The van der Waals surface area contributed by atoms with E-state index in [0.29, 0.717) is 18.1 Å². The standard InChI is InChI=1S/C13H21BrN4O/c1-3-5-15-13-16-8-11(14)12(18-13)17-9-6-10(7-9)19-4-2/h8-10H,3-7H2,1-2H3,(H2,15,16,17,18). The maximum atomic E-state index is 5.56. The highest BCUT2D eigenvalue weighted by molar-refractivity contribution is 9.10. The first-order chi connectivity index (χ1) is 9.22. The average molecular weight is 329 g/mol. The first-order valence-electron chi connectivity index (χ1n) is 6.87. The van der Waals surface area contributed by atoms with Crippen molar-refractivity contribution in [1.29, 1.82) is 0 Å². The fourth-order valence-electron chi connectivity index (χ4n) is 2.04. The molecule has 0 spiro atoms. The molecule has 0 aliphatic heterocycles. The van der Waals surface area contributed by atoms with Gasteiger partial charge in [0.15, 0.2) is 0 Å². The van der Waals surface area contributed by atoms with Gasteiger partial charge in [-0.3, -0.25) is 0 Å². The van der Waals surface area contributed by atoms with Crippen LogP contribution in [0.1, 0.15) is 33.1 Å². The second-order valence-electron chi connectivity index (χ2n) is 4.71. The minimum Gasteiger partial charge on any atom is -0.378 e. The molecule has 6 heteroatoms. The number of nitrogens with zero attached hydrogens (tertiary/aromatic N) is 2. The molecule has 0 atom stereocenters. The molecule has 2 rings (SSSR count). The fraction of sp³-hybridized carbons (Fsp3) is 0.692. The topological polar surface area (TPSA) is 59.1 Å². The SMILES string of the molecule is CCCNc1ncc(Br)c(NC2CC(OCC)C2)n1. The molecule has 5 nitrogen and oxygen atoms in total. The first kappa shape index (κ1) is 14.5. The Morgan fingerprint density at radius 3 is 2.89 bits per heavy atom. The van der Waals surface area contributed by atoms with Crippen LogP contribution in [0.3, 0.4) is 0 Å². The lowest BCUT2D eigenvalue weighted by Crippen LogP contribution is -2.41. The molecular weight excluding hydrogens is 308 g/mol. The molecule has 0 aromatic carbocycles. The first-order valence-corrected chi connectivity index (χ1v) is 7.66. The molecular formula is C13H21BrN4O. The predicted octanol–water partition coefficient (Wildman–Crippen LogP) is 3.04. The molecule has 0 saturated heterocycles. The Morgan fingerprint density at radius 2 is 2.21 bits per heavy atom. The summed E-state index contributed by atoms with van der Waals surface area (Å²) in [6, 6.07) is 0.446. The van der Waals surface area contributed by atoms with Gasteiger partial charge in [0.1, 0.15) is 5.82 Å². The van der Waals surface area contributed by atoms with E-state index in [2.05, 4.69) is 43.5 Å². The monoisotopic (exact) mass is 328 g/mol. The van der Waals surface area contributed by atoms with E-state index < -0.39 is 0 Å². The van der Waals surface area contributed by atoms with Gasteiger partial charge in [0.25, 0.3) is 0 Å². The van der Waals surface area contributed by atoms with E-state index in [4.69, 9.17) is 4.74 Å². The number of hydrogen-bond acceptors (Lipinski definition) is 5. The van der Waals surface area contributed by atoms with Crippen molar-refractivity contribution in [1.82, 2.24) is 9.97 Å². The van der Waals surface area contributed by atoms with Crippen LogP contribution in [0.25, 0.3) is 0 Å². The highest BCUT2D eigenvalue weighted by Gasteiger charge is 2.30. The second-order valence-corrected chi connectivity index (χ2v) is 5.56. The molecule has 1 aliphatic rings. The molecule has 1 aromatic heterocycles. The number of anilines is 2. The van der Waals surface area contributed by atoms with Crippen LogP contribution in [0.2, 0.25) is 0 Å². The minimum absolute atomic E-state index is 0.404. The lowest BCUT2D eigenvalue weighted by molar-refractivity contribution is 0.00291. The fourth-order valence-corrected chi connectivity index (χ4v) is 2.34. The Bertz CT molecular complexity index is 410. The molecule has 1 saturated carbocycles. The van der Waals surface area contributed by atoms with Gasteiger partial charge in [-0.2, -0.15) is 4.98 Å². The summed E-state index contributed by atoms with van der Waals surface area (Å²) in [7, 11) is 0. The second kappa shape index (κ2) is 7.05. The summed E-state index contributed by atoms with van der Waals surface area (Å²) in [5.74, 6) is 1.53. The smallest absolute Gasteiger partial charge is 0.224 e. The van der Waals surface area contributed by atoms with Crippen LogP contribution in [-0.2, 0) is 4.74 Å². The normalized spacial score (nSPS) is 21.8. The maximum Gasteiger partial charge on any atom is 0.224 e. The van der Waals surface area contributed by atoms with Crippen molar-refractivity contribution in [3.05, 3.63) is 10.7 Å². The molecule has 0 amide bonds.